The first kappa shape index (κ1) is 27.1. The summed E-state index contributed by atoms with van der Waals surface area (Å²) >= 11 is 2.89. The van der Waals surface area contributed by atoms with Crippen LogP contribution < -0.4 is 4.87 Å². The number of methoxy groups -OCH3 is 1. The van der Waals surface area contributed by atoms with E-state index in [2.05, 4.69) is 50.4 Å². The van der Waals surface area contributed by atoms with Crippen molar-refractivity contribution >= 4 is 32.9 Å². The molecule has 38 heavy (non-hydrogen) atoms. The van der Waals surface area contributed by atoms with E-state index in [4.69, 9.17) is 24.2 Å². The van der Waals surface area contributed by atoms with E-state index in [9.17, 15) is 4.79 Å². The smallest absolute Gasteiger partial charge is 0.310 e. The number of fused-ring (bicyclic) bond motifs is 1. The van der Waals surface area contributed by atoms with Crippen LogP contribution in [0.2, 0.25) is 0 Å². The molecule has 7 nitrogen and oxygen atoms in total. The lowest BCUT2D eigenvalue weighted by atomic mass is 9.99. The minimum Gasteiger partial charge on any atom is -0.364 e. The van der Waals surface area contributed by atoms with Gasteiger partial charge in [-0.3, -0.25) is 14.3 Å². The number of hydrogen-bond acceptors (Lipinski definition) is 8. The predicted molar refractivity (Wildman–Crippen MR) is 153 cm³/mol. The van der Waals surface area contributed by atoms with Crippen LogP contribution in [0.3, 0.4) is 0 Å². The molecule has 5 rings (SSSR count). The SMILES string of the molecule is COCn1c(=O)sc2cc(C(C)c3nc(-c4ccc(CCC(C)(C)OC5CCCCO5)cn4)cs3)ccc21. The zero-order valence-corrected chi connectivity index (χ0v) is 24.1. The number of ether oxygens (including phenoxy) is 3. The second-order valence-corrected chi connectivity index (χ2v) is 12.3. The maximum Gasteiger partial charge on any atom is 0.310 e. The Morgan fingerprint density at radius 1 is 1.21 bits per heavy atom. The maximum atomic E-state index is 12.3. The highest BCUT2D eigenvalue weighted by atomic mass is 32.1. The first-order valence-corrected chi connectivity index (χ1v) is 14.8. The summed E-state index contributed by atoms with van der Waals surface area (Å²) in [5, 5.41) is 3.10. The molecule has 9 heteroatoms. The molecule has 4 aromatic rings. The standard InChI is InChI=1S/C29H35N3O4S2/c1-19(21-9-11-24-25(15-21)38-28(33)32(24)18-34-4)27-31-23(17-37-27)22-10-8-20(16-30-22)12-13-29(2,3)36-26-7-5-6-14-35-26/h8-11,15-17,19,26H,5-7,12-14,18H2,1-4H3. The summed E-state index contributed by atoms with van der Waals surface area (Å²) in [6.07, 6.45) is 6.94. The number of aromatic nitrogens is 3. The van der Waals surface area contributed by atoms with E-state index < -0.39 is 0 Å². The lowest BCUT2D eigenvalue weighted by Crippen LogP contribution is -2.34. The van der Waals surface area contributed by atoms with Gasteiger partial charge in [0.1, 0.15) is 11.7 Å². The second-order valence-electron chi connectivity index (χ2n) is 10.5. The Bertz CT molecular complexity index is 1420. The van der Waals surface area contributed by atoms with E-state index in [1.807, 2.05) is 12.3 Å². The third-order valence-electron chi connectivity index (χ3n) is 7.03. The average Bonchev–Trinajstić information content (AvgIpc) is 3.53. The van der Waals surface area contributed by atoms with Crippen LogP contribution in [0, 0.1) is 0 Å². The van der Waals surface area contributed by atoms with Crippen LogP contribution in [-0.2, 0) is 27.4 Å². The van der Waals surface area contributed by atoms with E-state index in [0.717, 1.165) is 64.5 Å². The predicted octanol–water partition coefficient (Wildman–Crippen LogP) is 6.59. The van der Waals surface area contributed by atoms with Crippen LogP contribution in [0.4, 0.5) is 0 Å². The quantitative estimate of drug-likeness (QED) is 0.220. The average molecular weight is 554 g/mol. The summed E-state index contributed by atoms with van der Waals surface area (Å²) in [6, 6.07) is 10.4. The van der Waals surface area contributed by atoms with E-state index in [0.29, 0.717) is 0 Å². The Morgan fingerprint density at radius 2 is 2.08 bits per heavy atom. The second kappa shape index (κ2) is 11.8. The van der Waals surface area contributed by atoms with Crippen molar-refractivity contribution < 1.29 is 14.2 Å². The fourth-order valence-electron chi connectivity index (χ4n) is 4.74. The largest absolute Gasteiger partial charge is 0.364 e. The van der Waals surface area contributed by atoms with E-state index in [1.54, 1.807) is 23.0 Å². The molecule has 0 amide bonds. The molecule has 1 saturated heterocycles. The Balaban J connectivity index is 1.23. The number of pyridine rings is 1. The molecule has 1 aliphatic rings. The number of nitrogens with zero attached hydrogens (tertiary/aromatic N) is 3. The highest BCUT2D eigenvalue weighted by molar-refractivity contribution is 7.16. The molecule has 0 radical (unpaired) electrons. The molecule has 3 aromatic heterocycles. The summed E-state index contributed by atoms with van der Waals surface area (Å²) in [6.45, 7) is 7.48. The van der Waals surface area contributed by atoms with Crippen LogP contribution in [0.1, 0.15) is 68.5 Å². The van der Waals surface area contributed by atoms with Crippen molar-refractivity contribution in [2.24, 2.45) is 0 Å². The molecule has 4 heterocycles. The zero-order valence-electron chi connectivity index (χ0n) is 22.4. The molecule has 1 aromatic carbocycles. The third kappa shape index (κ3) is 6.24. The summed E-state index contributed by atoms with van der Waals surface area (Å²) in [7, 11) is 1.60. The summed E-state index contributed by atoms with van der Waals surface area (Å²) in [5.74, 6) is 0.112. The highest BCUT2D eigenvalue weighted by Gasteiger charge is 2.25. The van der Waals surface area contributed by atoms with Crippen LogP contribution in [0.15, 0.2) is 46.7 Å². The summed E-state index contributed by atoms with van der Waals surface area (Å²) in [5.41, 5.74) is 4.74. The lowest BCUT2D eigenvalue weighted by Gasteiger charge is -2.32. The van der Waals surface area contributed by atoms with Crippen molar-refractivity contribution in [2.45, 2.75) is 77.4 Å². The van der Waals surface area contributed by atoms with Crippen molar-refractivity contribution in [1.82, 2.24) is 14.5 Å². The first-order chi connectivity index (χ1) is 18.3. The van der Waals surface area contributed by atoms with Crippen molar-refractivity contribution in [2.75, 3.05) is 13.7 Å². The minimum atomic E-state index is -0.244. The minimum absolute atomic E-state index is 0.00737. The van der Waals surface area contributed by atoms with Gasteiger partial charge in [0.15, 0.2) is 6.29 Å². The van der Waals surface area contributed by atoms with Crippen LogP contribution in [0.25, 0.3) is 21.6 Å². The van der Waals surface area contributed by atoms with E-state index in [-0.39, 0.29) is 29.4 Å². The van der Waals surface area contributed by atoms with Gasteiger partial charge in [0, 0.05) is 31.2 Å². The fraction of sp³-hybridized carbons (Fsp3) is 0.483. The van der Waals surface area contributed by atoms with E-state index >= 15 is 0 Å². The molecule has 0 aliphatic carbocycles. The first-order valence-electron chi connectivity index (χ1n) is 13.2. The van der Waals surface area contributed by atoms with Gasteiger partial charge in [-0.2, -0.15) is 0 Å². The van der Waals surface area contributed by atoms with Gasteiger partial charge in [-0.25, -0.2) is 4.98 Å². The van der Waals surface area contributed by atoms with Crippen LogP contribution in [0.5, 0.6) is 0 Å². The Labute approximate surface area is 231 Å². The van der Waals surface area contributed by atoms with Crippen molar-refractivity contribution in [3.63, 3.8) is 0 Å². The monoisotopic (exact) mass is 553 g/mol. The number of hydrogen-bond donors (Lipinski definition) is 0. The fourth-order valence-corrected chi connectivity index (χ4v) is 6.56. The van der Waals surface area contributed by atoms with Gasteiger partial charge >= 0.3 is 4.87 Å². The zero-order chi connectivity index (χ0) is 26.7. The topological polar surface area (TPSA) is 75.5 Å². The molecule has 2 atom stereocenters. The molecule has 2 unspecified atom stereocenters. The van der Waals surface area contributed by atoms with Crippen molar-refractivity contribution in [1.29, 1.82) is 0 Å². The Morgan fingerprint density at radius 3 is 2.82 bits per heavy atom. The van der Waals surface area contributed by atoms with Crippen LogP contribution in [-0.4, -0.2) is 40.1 Å². The van der Waals surface area contributed by atoms with Crippen molar-refractivity contribution in [3.05, 3.63) is 67.7 Å². The summed E-state index contributed by atoms with van der Waals surface area (Å²) < 4.78 is 19.8. The van der Waals surface area contributed by atoms with Crippen LogP contribution >= 0.6 is 22.7 Å². The molecule has 1 fully saturated rings. The number of thiazole rings is 2. The molecule has 0 bridgehead atoms. The lowest BCUT2D eigenvalue weighted by molar-refractivity contribution is -0.216. The summed E-state index contributed by atoms with van der Waals surface area (Å²) in [4.78, 5) is 21.9. The third-order valence-corrected chi connectivity index (χ3v) is 9.00. The Hall–Kier alpha value is -2.43. The number of rotatable bonds is 10. The molecule has 202 valence electrons. The molecule has 0 N–H and O–H groups in total. The number of aryl methyl sites for hydroxylation is 1. The highest BCUT2D eigenvalue weighted by Crippen LogP contribution is 2.32. The van der Waals surface area contributed by atoms with Gasteiger partial charge in [0.2, 0.25) is 0 Å². The normalized spacial score (nSPS) is 17.2. The molecular weight excluding hydrogens is 518 g/mol. The Kier molecular flexibility index (Phi) is 8.40. The molecule has 0 spiro atoms. The molecule has 1 aliphatic heterocycles. The molecular formula is C29H35N3O4S2. The van der Waals surface area contributed by atoms with Gasteiger partial charge in [0.25, 0.3) is 0 Å². The maximum absolute atomic E-state index is 12.3. The van der Waals surface area contributed by atoms with Crippen molar-refractivity contribution in [3.8, 4) is 11.4 Å². The van der Waals surface area contributed by atoms with Gasteiger partial charge in [-0.05, 0) is 75.3 Å². The van der Waals surface area contributed by atoms with Gasteiger partial charge in [-0.15, -0.1) is 11.3 Å². The van der Waals surface area contributed by atoms with E-state index in [1.165, 1.54) is 23.3 Å². The van der Waals surface area contributed by atoms with Gasteiger partial charge < -0.3 is 14.2 Å². The van der Waals surface area contributed by atoms with Gasteiger partial charge in [0.05, 0.1) is 27.2 Å². The number of benzene rings is 1. The molecule has 0 saturated carbocycles. The van der Waals surface area contributed by atoms with Gasteiger partial charge in [-0.1, -0.05) is 30.4 Å².